The maximum absolute atomic E-state index is 10.4. The molecule has 78 valence electrons. The first-order valence-electron chi connectivity index (χ1n) is 4.27. The van der Waals surface area contributed by atoms with Gasteiger partial charge in [0.25, 0.3) is 0 Å². The van der Waals surface area contributed by atoms with Crippen molar-refractivity contribution in [2.24, 2.45) is 0 Å². The zero-order valence-corrected chi connectivity index (χ0v) is 10.5. The van der Waals surface area contributed by atoms with Crippen molar-refractivity contribution in [1.82, 2.24) is 0 Å². The van der Waals surface area contributed by atoms with E-state index in [0.29, 0.717) is 12.8 Å². The van der Waals surface area contributed by atoms with Crippen LogP contribution in [0.2, 0.25) is 0 Å². The number of carbonyl (C=O) groups is 2. The molecule has 4 nitrogen and oxygen atoms in total. The molecular formula is C9H16MgO4. The average Bonchev–Trinajstić information content (AvgIpc) is 1.83. The number of carboxylic acid groups (broad SMARTS) is 1. The number of carboxylic acids is 1. The maximum atomic E-state index is 10.4. The molecule has 0 atom stereocenters. The van der Waals surface area contributed by atoms with Crippen molar-refractivity contribution in [3.05, 3.63) is 0 Å². The van der Waals surface area contributed by atoms with E-state index >= 15 is 0 Å². The molecule has 0 aliphatic carbocycles. The van der Waals surface area contributed by atoms with Gasteiger partial charge in [0.2, 0.25) is 0 Å². The quantitative estimate of drug-likeness (QED) is 0.436. The molecule has 0 rings (SSSR count). The summed E-state index contributed by atoms with van der Waals surface area (Å²) >= 11 is 0. The van der Waals surface area contributed by atoms with Gasteiger partial charge < -0.3 is 15.0 Å². The molecule has 0 saturated carbocycles. The van der Waals surface area contributed by atoms with Crippen molar-refractivity contribution in [1.29, 1.82) is 0 Å². The normalized spacial score (nSPS) is 8.36. The van der Waals surface area contributed by atoms with Crippen molar-refractivity contribution in [2.75, 3.05) is 0 Å². The zero-order chi connectivity index (χ0) is 10.9. The number of ketones is 1. The maximum Gasteiger partial charge on any atom is 2.00 e. The Hall–Kier alpha value is -0.134. The molecule has 0 saturated heterocycles. The number of rotatable bonds is 4. The number of hydrogen-bond donors (Lipinski definition) is 0. The van der Waals surface area contributed by atoms with Crippen LogP contribution in [0, 0.1) is 0 Å². The summed E-state index contributed by atoms with van der Waals surface area (Å²) in [5.41, 5.74) is 0. The molecule has 0 bridgehead atoms. The molecule has 0 aromatic rings. The van der Waals surface area contributed by atoms with E-state index in [2.05, 4.69) is 0 Å². The summed E-state index contributed by atoms with van der Waals surface area (Å²) in [5.74, 6) is -1.54. The Balaban J connectivity index is -0.000000209. The van der Waals surface area contributed by atoms with E-state index in [1.54, 1.807) is 13.8 Å². The van der Waals surface area contributed by atoms with Crippen LogP contribution in [0.5, 0.6) is 0 Å². The fourth-order valence-corrected chi connectivity index (χ4v) is 0.528. The smallest absolute Gasteiger partial charge is 0.852 e. The second-order valence-corrected chi connectivity index (χ2v) is 2.89. The molecule has 0 aromatic heterocycles. The number of hydrogen-bond acceptors (Lipinski definition) is 4. The summed E-state index contributed by atoms with van der Waals surface area (Å²) in [7, 11) is 0. The Bertz CT molecular complexity index is 154. The Morgan fingerprint density at radius 3 is 1.86 bits per heavy atom. The van der Waals surface area contributed by atoms with E-state index in [0.717, 1.165) is 0 Å². The van der Waals surface area contributed by atoms with Gasteiger partial charge in [-0.2, -0.15) is 0 Å². The third kappa shape index (κ3) is 29.7. The van der Waals surface area contributed by atoms with Crippen molar-refractivity contribution < 1.29 is 19.8 Å². The molecule has 0 aliphatic rings. The molecule has 5 heteroatoms. The van der Waals surface area contributed by atoms with Crippen LogP contribution >= 0.6 is 0 Å². The first kappa shape index (κ1) is 19.4. The van der Waals surface area contributed by atoms with E-state index in [1.807, 2.05) is 6.92 Å². The summed E-state index contributed by atoms with van der Waals surface area (Å²) in [6.07, 6.45) is 0.188. The summed E-state index contributed by atoms with van der Waals surface area (Å²) in [6.45, 7) is 5.05. The predicted molar refractivity (Wildman–Crippen MR) is 50.4 cm³/mol. The first-order valence-corrected chi connectivity index (χ1v) is 4.27. The standard InChI is InChI=1S/C6H10O3.C3H7O.Mg/c1-2-3-5(7)4-6(8)9;1-3(2)4;/h2-4H2,1H3,(H,8,9);3H,1-2H3;/q;-1;+2/p-1. The van der Waals surface area contributed by atoms with Crippen LogP contribution in [-0.4, -0.2) is 40.9 Å². The monoisotopic (exact) mass is 212 g/mol. The largest absolute Gasteiger partial charge is 2.00 e. The fourth-order valence-electron chi connectivity index (χ4n) is 0.528. The van der Waals surface area contributed by atoms with E-state index in [9.17, 15) is 19.8 Å². The third-order valence-corrected chi connectivity index (χ3v) is 0.870. The summed E-state index contributed by atoms with van der Waals surface area (Å²) in [5, 5.41) is 19.3. The summed E-state index contributed by atoms with van der Waals surface area (Å²) in [6, 6.07) is 0. The Morgan fingerprint density at radius 2 is 1.64 bits per heavy atom. The van der Waals surface area contributed by atoms with Crippen molar-refractivity contribution >= 4 is 34.8 Å². The molecule has 0 spiro atoms. The SMILES string of the molecule is CC(C)[O-].CCCC(=O)CC(=O)[O-].[Mg+2]. The van der Waals surface area contributed by atoms with Crippen molar-refractivity contribution in [3.63, 3.8) is 0 Å². The molecular weight excluding hydrogens is 196 g/mol. The predicted octanol–water partition coefficient (Wildman–Crippen LogP) is -1.13. The van der Waals surface area contributed by atoms with Crippen LogP contribution in [0.15, 0.2) is 0 Å². The van der Waals surface area contributed by atoms with E-state index < -0.39 is 18.5 Å². The number of Topliss-reactive ketones (excluding diaryl/α,β-unsaturated/α-hetero) is 1. The minimum absolute atomic E-state index is 0. The van der Waals surface area contributed by atoms with Gasteiger partial charge in [0, 0.05) is 18.8 Å². The Morgan fingerprint density at radius 1 is 1.29 bits per heavy atom. The molecule has 0 aliphatic heterocycles. The third-order valence-electron chi connectivity index (χ3n) is 0.870. The van der Waals surface area contributed by atoms with Gasteiger partial charge >= 0.3 is 23.1 Å². The summed E-state index contributed by atoms with van der Waals surface area (Å²) in [4.78, 5) is 20.2. The molecule has 0 amide bonds. The molecule has 0 fully saturated rings. The summed E-state index contributed by atoms with van der Waals surface area (Å²) < 4.78 is 0. The van der Waals surface area contributed by atoms with Crippen LogP contribution in [0.3, 0.4) is 0 Å². The van der Waals surface area contributed by atoms with Crippen LogP contribution < -0.4 is 10.2 Å². The molecule has 0 unspecified atom stereocenters. The van der Waals surface area contributed by atoms with Crippen LogP contribution in [0.4, 0.5) is 0 Å². The number of aliphatic carboxylic acids is 1. The van der Waals surface area contributed by atoms with Gasteiger partial charge in [-0.3, -0.25) is 4.79 Å². The second kappa shape index (κ2) is 12.9. The average molecular weight is 213 g/mol. The van der Waals surface area contributed by atoms with Gasteiger partial charge in [0.1, 0.15) is 5.78 Å². The topological polar surface area (TPSA) is 80.3 Å². The Labute approximate surface area is 101 Å². The van der Waals surface area contributed by atoms with Gasteiger partial charge in [-0.15, -0.1) is 6.10 Å². The van der Waals surface area contributed by atoms with Crippen molar-refractivity contribution in [2.45, 2.75) is 46.1 Å². The van der Waals surface area contributed by atoms with Crippen LogP contribution in [-0.2, 0) is 9.59 Å². The van der Waals surface area contributed by atoms with Gasteiger partial charge in [-0.1, -0.05) is 20.8 Å². The van der Waals surface area contributed by atoms with Crippen molar-refractivity contribution in [3.8, 4) is 0 Å². The fraction of sp³-hybridized carbons (Fsp3) is 0.778. The minimum atomic E-state index is -1.28. The molecule has 0 heterocycles. The molecule has 0 radical (unpaired) electrons. The van der Waals surface area contributed by atoms with Gasteiger partial charge in [0.15, 0.2) is 0 Å². The first-order chi connectivity index (χ1) is 5.90. The number of carbonyl (C=O) groups excluding carboxylic acids is 2. The molecule has 0 aromatic carbocycles. The Kier molecular flexibility index (Phi) is 17.9. The molecule has 14 heavy (non-hydrogen) atoms. The van der Waals surface area contributed by atoms with E-state index in [-0.39, 0.29) is 28.8 Å². The van der Waals surface area contributed by atoms with Crippen LogP contribution in [0.25, 0.3) is 0 Å². The molecule has 0 N–H and O–H groups in total. The van der Waals surface area contributed by atoms with Gasteiger partial charge in [0.05, 0.1) is 0 Å². The van der Waals surface area contributed by atoms with Crippen LogP contribution in [0.1, 0.15) is 40.0 Å². The van der Waals surface area contributed by atoms with Gasteiger partial charge in [-0.25, -0.2) is 0 Å². The van der Waals surface area contributed by atoms with Gasteiger partial charge in [-0.05, 0) is 6.42 Å². The van der Waals surface area contributed by atoms with E-state index in [4.69, 9.17) is 0 Å². The minimum Gasteiger partial charge on any atom is -0.852 e. The second-order valence-electron chi connectivity index (χ2n) is 2.89. The zero-order valence-electron chi connectivity index (χ0n) is 9.04. The van der Waals surface area contributed by atoms with E-state index in [1.165, 1.54) is 0 Å².